The lowest BCUT2D eigenvalue weighted by Gasteiger charge is -2.43. The van der Waals surface area contributed by atoms with Gasteiger partial charge in [0.2, 0.25) is 5.91 Å². The Morgan fingerprint density at radius 2 is 1.92 bits per heavy atom. The van der Waals surface area contributed by atoms with E-state index in [9.17, 15) is 20.1 Å². The van der Waals surface area contributed by atoms with E-state index in [1.807, 2.05) is 0 Å². The quantitative estimate of drug-likeness (QED) is 0.347. The van der Waals surface area contributed by atoms with Crippen LogP contribution in [-0.2, 0) is 4.79 Å². The SMILES string of the molecule is Nc1ccc(C2=N[C@H]3[C@H](O)[C@@H](O)C([C@H](O)CO)S[C@H]3C(=O)N2)cc1. The van der Waals surface area contributed by atoms with Crippen LogP contribution in [0.5, 0.6) is 0 Å². The van der Waals surface area contributed by atoms with Crippen LogP contribution in [0.1, 0.15) is 5.56 Å². The number of aliphatic hydroxyl groups excluding tert-OH is 4. The van der Waals surface area contributed by atoms with E-state index in [4.69, 9.17) is 10.8 Å². The van der Waals surface area contributed by atoms with Crippen molar-refractivity contribution in [2.45, 2.75) is 34.9 Å². The fourth-order valence-electron chi connectivity index (χ4n) is 2.85. The van der Waals surface area contributed by atoms with E-state index in [1.165, 1.54) is 0 Å². The summed E-state index contributed by atoms with van der Waals surface area (Å²) in [5.74, 6) is -0.0674. The van der Waals surface area contributed by atoms with E-state index in [2.05, 4.69) is 10.3 Å². The van der Waals surface area contributed by atoms with Crippen molar-refractivity contribution in [2.24, 2.45) is 4.99 Å². The van der Waals surface area contributed by atoms with Gasteiger partial charge in [-0.15, -0.1) is 11.8 Å². The number of nitrogen functional groups attached to an aromatic ring is 1. The Morgan fingerprint density at radius 1 is 1.25 bits per heavy atom. The number of nitrogens with zero attached hydrogens (tertiary/aromatic N) is 1. The lowest BCUT2D eigenvalue weighted by molar-refractivity contribution is -0.121. The fourth-order valence-corrected chi connectivity index (χ4v) is 4.34. The summed E-state index contributed by atoms with van der Waals surface area (Å²) in [4.78, 5) is 16.8. The minimum atomic E-state index is -1.32. The van der Waals surface area contributed by atoms with Crippen molar-refractivity contribution >= 4 is 29.2 Å². The van der Waals surface area contributed by atoms with Gasteiger partial charge in [-0.25, -0.2) is 0 Å². The molecule has 1 unspecified atom stereocenters. The lowest BCUT2D eigenvalue weighted by Crippen LogP contribution is -2.62. The second-order valence-corrected chi connectivity index (χ2v) is 7.16. The number of rotatable bonds is 3. The summed E-state index contributed by atoms with van der Waals surface area (Å²) in [5.41, 5.74) is 6.85. The molecule has 1 saturated heterocycles. The molecule has 7 N–H and O–H groups in total. The number of nitrogens with two attached hydrogens (primary N) is 1. The van der Waals surface area contributed by atoms with Crippen LogP contribution in [0.3, 0.4) is 0 Å². The van der Waals surface area contributed by atoms with Crippen molar-refractivity contribution < 1.29 is 25.2 Å². The summed E-state index contributed by atoms with van der Waals surface area (Å²) >= 11 is 1.01. The van der Waals surface area contributed by atoms with Crippen molar-refractivity contribution in [1.82, 2.24) is 5.32 Å². The number of fused-ring (bicyclic) bond motifs is 1. The van der Waals surface area contributed by atoms with Crippen LogP contribution in [0.15, 0.2) is 29.3 Å². The molecular formula is C15H19N3O5S. The van der Waals surface area contributed by atoms with E-state index >= 15 is 0 Å². The highest BCUT2D eigenvalue weighted by Gasteiger charge is 2.50. The van der Waals surface area contributed by atoms with E-state index in [0.717, 1.165) is 11.8 Å². The highest BCUT2D eigenvalue weighted by Crippen LogP contribution is 2.37. The summed E-state index contributed by atoms with van der Waals surface area (Å²) in [6, 6.07) is 5.90. The maximum absolute atomic E-state index is 12.4. The van der Waals surface area contributed by atoms with Crippen LogP contribution in [0.2, 0.25) is 0 Å². The minimum absolute atomic E-state index is 0.300. The van der Waals surface area contributed by atoms with E-state index in [-0.39, 0.29) is 5.91 Å². The first kappa shape index (κ1) is 17.2. The second kappa shape index (κ2) is 6.69. The minimum Gasteiger partial charge on any atom is -0.399 e. The van der Waals surface area contributed by atoms with Crippen molar-refractivity contribution in [1.29, 1.82) is 0 Å². The molecule has 0 bridgehead atoms. The zero-order valence-electron chi connectivity index (χ0n) is 12.6. The molecule has 0 spiro atoms. The Bertz CT molecular complexity index is 653. The molecule has 0 aromatic heterocycles. The molecule has 1 aromatic carbocycles. The molecule has 0 aliphatic carbocycles. The van der Waals surface area contributed by atoms with Crippen molar-refractivity contribution in [3.05, 3.63) is 29.8 Å². The van der Waals surface area contributed by atoms with Gasteiger partial charge in [0, 0.05) is 11.3 Å². The molecule has 0 saturated carbocycles. The predicted octanol–water partition coefficient (Wildman–Crippen LogP) is -1.93. The number of anilines is 1. The normalized spacial score (nSPS) is 34.1. The van der Waals surface area contributed by atoms with E-state index in [1.54, 1.807) is 24.3 Å². The second-order valence-electron chi connectivity index (χ2n) is 5.83. The summed E-state index contributed by atoms with van der Waals surface area (Å²) in [7, 11) is 0. The van der Waals surface area contributed by atoms with Crippen molar-refractivity contribution in [3.8, 4) is 0 Å². The summed E-state index contributed by atoms with van der Waals surface area (Å²) in [6.45, 7) is -0.569. The molecule has 2 aliphatic rings. The molecular weight excluding hydrogens is 334 g/mol. The summed E-state index contributed by atoms with van der Waals surface area (Å²) in [6.07, 6.45) is -3.87. The summed E-state index contributed by atoms with van der Waals surface area (Å²) < 4.78 is 0. The van der Waals surface area contributed by atoms with Gasteiger partial charge >= 0.3 is 0 Å². The molecule has 6 atom stereocenters. The zero-order chi connectivity index (χ0) is 17.4. The molecule has 24 heavy (non-hydrogen) atoms. The number of amides is 1. The molecule has 0 radical (unpaired) electrons. The van der Waals surface area contributed by atoms with Gasteiger partial charge in [0.1, 0.15) is 23.2 Å². The van der Waals surface area contributed by atoms with Crippen LogP contribution in [-0.4, -0.2) is 73.6 Å². The largest absolute Gasteiger partial charge is 0.399 e. The Kier molecular flexibility index (Phi) is 4.79. The smallest absolute Gasteiger partial charge is 0.240 e. The number of benzene rings is 1. The molecule has 2 heterocycles. The van der Waals surface area contributed by atoms with Gasteiger partial charge in [0.15, 0.2) is 0 Å². The van der Waals surface area contributed by atoms with Crippen LogP contribution in [0.4, 0.5) is 5.69 Å². The highest BCUT2D eigenvalue weighted by molar-refractivity contribution is 8.01. The van der Waals surface area contributed by atoms with Gasteiger partial charge in [-0.05, 0) is 24.3 Å². The van der Waals surface area contributed by atoms with Gasteiger partial charge in [-0.1, -0.05) is 0 Å². The van der Waals surface area contributed by atoms with Gasteiger partial charge in [-0.3, -0.25) is 9.79 Å². The number of hydrogen-bond acceptors (Lipinski definition) is 8. The Balaban J connectivity index is 1.90. The van der Waals surface area contributed by atoms with Gasteiger partial charge in [-0.2, -0.15) is 0 Å². The molecule has 1 aromatic rings. The molecule has 8 nitrogen and oxygen atoms in total. The average Bonchev–Trinajstić information content (AvgIpc) is 2.58. The zero-order valence-corrected chi connectivity index (χ0v) is 13.4. The molecule has 1 amide bonds. The standard InChI is InChI=1S/C15H19N3O5S/c16-7-3-1-6(2-4-7)14-17-9-10(21)11(22)12(8(20)5-19)24-13(9)15(23)18-14/h1-4,8-13,19-22H,5,16H2,(H,17,18,23)/t8-,9+,10+,11-,12?,13-/m1/s1. The molecule has 3 rings (SSSR count). The number of aliphatic imine (C=N–C) groups is 1. The third kappa shape index (κ3) is 3.01. The van der Waals surface area contributed by atoms with Crippen molar-refractivity contribution in [2.75, 3.05) is 12.3 Å². The van der Waals surface area contributed by atoms with Gasteiger partial charge < -0.3 is 31.5 Å². The number of carbonyl (C=O) groups is 1. The third-order valence-corrected chi connectivity index (χ3v) is 5.87. The van der Waals surface area contributed by atoms with E-state index < -0.39 is 41.5 Å². The molecule has 1 fully saturated rings. The molecule has 9 heteroatoms. The maximum atomic E-state index is 12.4. The van der Waals surface area contributed by atoms with Crippen LogP contribution in [0, 0.1) is 0 Å². The topological polar surface area (TPSA) is 148 Å². The Hall–Kier alpha value is -1.65. The van der Waals surface area contributed by atoms with E-state index in [0.29, 0.717) is 17.1 Å². The number of aliphatic hydroxyl groups is 4. The first-order valence-corrected chi connectivity index (χ1v) is 8.41. The van der Waals surface area contributed by atoms with Gasteiger partial charge in [0.25, 0.3) is 0 Å². The molecule has 2 aliphatic heterocycles. The predicted molar refractivity (Wildman–Crippen MR) is 89.6 cm³/mol. The van der Waals surface area contributed by atoms with Crippen LogP contribution < -0.4 is 11.1 Å². The fraction of sp³-hybridized carbons (Fsp3) is 0.467. The number of thioether (sulfide) groups is 1. The molecule has 130 valence electrons. The van der Waals surface area contributed by atoms with Crippen LogP contribution >= 0.6 is 11.8 Å². The first-order valence-electron chi connectivity index (χ1n) is 7.47. The van der Waals surface area contributed by atoms with Crippen molar-refractivity contribution in [3.63, 3.8) is 0 Å². The average molecular weight is 353 g/mol. The number of hydrogen-bond donors (Lipinski definition) is 6. The summed E-state index contributed by atoms with van der Waals surface area (Å²) in [5, 5.41) is 40.5. The van der Waals surface area contributed by atoms with Crippen LogP contribution in [0.25, 0.3) is 0 Å². The number of carbonyl (C=O) groups excluding carboxylic acids is 1. The first-order chi connectivity index (χ1) is 11.4. The number of nitrogens with one attached hydrogen (secondary N) is 1. The lowest BCUT2D eigenvalue weighted by atomic mass is 9.95. The number of amidine groups is 1. The Labute approximate surface area is 142 Å². The maximum Gasteiger partial charge on any atom is 0.240 e. The highest BCUT2D eigenvalue weighted by atomic mass is 32.2. The Morgan fingerprint density at radius 3 is 2.54 bits per heavy atom. The monoisotopic (exact) mass is 353 g/mol. The van der Waals surface area contributed by atoms with Gasteiger partial charge in [0.05, 0.1) is 24.1 Å². The third-order valence-electron chi connectivity index (χ3n) is 4.18.